The van der Waals surface area contributed by atoms with Gasteiger partial charge in [-0.2, -0.15) is 0 Å². The number of para-hydroxylation sites is 1. The molecule has 0 fully saturated rings. The summed E-state index contributed by atoms with van der Waals surface area (Å²) in [5.41, 5.74) is 3.21. The monoisotopic (exact) mass is 312 g/mol. The van der Waals surface area contributed by atoms with E-state index in [2.05, 4.69) is 10.2 Å². The number of aromatic nitrogens is 2. The fourth-order valence-electron chi connectivity index (χ4n) is 2.12. The molecule has 0 amide bonds. The van der Waals surface area contributed by atoms with E-state index in [1.807, 2.05) is 55.5 Å². The van der Waals surface area contributed by atoms with E-state index in [0.29, 0.717) is 11.1 Å². The van der Waals surface area contributed by atoms with Crippen molar-refractivity contribution in [3.8, 4) is 17.2 Å². The third kappa shape index (κ3) is 3.31. The lowest BCUT2D eigenvalue weighted by Crippen LogP contribution is -1.89. The smallest absolute Gasteiger partial charge is 0.277 e. The largest absolute Gasteiger partial charge is 0.496 e. The molecule has 2 aromatic carbocycles. The van der Waals surface area contributed by atoms with Crippen LogP contribution in [0.3, 0.4) is 0 Å². The molecule has 0 aliphatic rings. The zero-order valence-electron chi connectivity index (χ0n) is 12.4. The van der Waals surface area contributed by atoms with Crippen LogP contribution in [0.4, 0.5) is 0 Å². The minimum atomic E-state index is 0.547. The minimum Gasteiger partial charge on any atom is -0.496 e. The van der Waals surface area contributed by atoms with E-state index in [1.54, 1.807) is 7.11 Å². The Morgan fingerprint density at radius 3 is 2.77 bits per heavy atom. The average Bonchev–Trinajstić information content (AvgIpc) is 3.02. The molecule has 0 spiro atoms. The maximum absolute atomic E-state index is 5.72. The van der Waals surface area contributed by atoms with E-state index in [4.69, 9.17) is 9.15 Å². The Morgan fingerprint density at radius 2 is 1.95 bits per heavy atom. The Hall–Kier alpha value is -2.27. The van der Waals surface area contributed by atoms with Crippen LogP contribution in [0.25, 0.3) is 11.5 Å². The molecule has 0 aliphatic heterocycles. The first kappa shape index (κ1) is 14.7. The molecule has 0 bridgehead atoms. The second kappa shape index (κ2) is 6.66. The van der Waals surface area contributed by atoms with Crippen LogP contribution in [0.5, 0.6) is 5.75 Å². The Labute approximate surface area is 133 Å². The number of rotatable bonds is 5. The average molecular weight is 312 g/mol. The van der Waals surface area contributed by atoms with E-state index < -0.39 is 0 Å². The van der Waals surface area contributed by atoms with Crippen molar-refractivity contribution < 1.29 is 9.15 Å². The molecular formula is C17H16N2O2S. The molecule has 1 heterocycles. The molecule has 4 nitrogen and oxygen atoms in total. The lowest BCUT2D eigenvalue weighted by atomic mass is 10.1. The molecular weight excluding hydrogens is 296 g/mol. The van der Waals surface area contributed by atoms with Gasteiger partial charge in [-0.05, 0) is 25.1 Å². The van der Waals surface area contributed by atoms with Gasteiger partial charge in [0.15, 0.2) is 0 Å². The zero-order valence-corrected chi connectivity index (χ0v) is 13.3. The summed E-state index contributed by atoms with van der Waals surface area (Å²) in [6.07, 6.45) is 0. The van der Waals surface area contributed by atoms with Crippen molar-refractivity contribution in [2.75, 3.05) is 7.11 Å². The molecule has 0 saturated carbocycles. The second-order valence-corrected chi connectivity index (χ2v) is 5.77. The van der Waals surface area contributed by atoms with E-state index in [1.165, 1.54) is 17.3 Å². The zero-order chi connectivity index (χ0) is 15.4. The van der Waals surface area contributed by atoms with Gasteiger partial charge in [0.25, 0.3) is 5.22 Å². The minimum absolute atomic E-state index is 0.547. The van der Waals surface area contributed by atoms with Crippen LogP contribution in [-0.2, 0) is 5.75 Å². The first-order valence-electron chi connectivity index (χ1n) is 6.91. The van der Waals surface area contributed by atoms with Crippen LogP contribution < -0.4 is 4.74 Å². The number of nitrogens with zero attached hydrogens (tertiary/aromatic N) is 2. The van der Waals surface area contributed by atoms with Crippen molar-refractivity contribution in [1.29, 1.82) is 0 Å². The molecule has 0 unspecified atom stereocenters. The highest BCUT2D eigenvalue weighted by molar-refractivity contribution is 7.98. The number of thioether (sulfide) groups is 1. The lowest BCUT2D eigenvalue weighted by Gasteiger charge is -2.05. The highest BCUT2D eigenvalue weighted by atomic mass is 32.2. The summed E-state index contributed by atoms with van der Waals surface area (Å²) in [6, 6.07) is 15.9. The third-order valence-electron chi connectivity index (χ3n) is 3.22. The standard InChI is InChI=1S/C17H16N2O2S/c1-12-6-5-8-13(10-12)16-18-19-17(21-16)22-11-14-7-3-4-9-15(14)20-2/h3-10H,11H2,1-2H3. The van der Waals surface area contributed by atoms with Crippen LogP contribution in [-0.4, -0.2) is 17.3 Å². The molecule has 1 aromatic heterocycles. The Balaban J connectivity index is 1.72. The summed E-state index contributed by atoms with van der Waals surface area (Å²) in [4.78, 5) is 0. The summed E-state index contributed by atoms with van der Waals surface area (Å²) in [5, 5.41) is 8.77. The normalized spacial score (nSPS) is 10.6. The van der Waals surface area contributed by atoms with Crippen molar-refractivity contribution in [2.24, 2.45) is 0 Å². The van der Waals surface area contributed by atoms with Crippen molar-refractivity contribution in [2.45, 2.75) is 17.9 Å². The highest BCUT2D eigenvalue weighted by Crippen LogP contribution is 2.29. The van der Waals surface area contributed by atoms with E-state index in [0.717, 1.165) is 22.6 Å². The molecule has 22 heavy (non-hydrogen) atoms. The fourth-order valence-corrected chi connectivity index (χ4v) is 2.88. The molecule has 0 aliphatic carbocycles. The predicted molar refractivity (Wildman–Crippen MR) is 87.0 cm³/mol. The number of methoxy groups -OCH3 is 1. The topological polar surface area (TPSA) is 48.2 Å². The van der Waals surface area contributed by atoms with E-state index in [9.17, 15) is 0 Å². The number of hydrogen-bond donors (Lipinski definition) is 0. The van der Waals surface area contributed by atoms with Crippen molar-refractivity contribution in [3.05, 3.63) is 59.7 Å². The van der Waals surface area contributed by atoms with Gasteiger partial charge in [0.2, 0.25) is 5.89 Å². The van der Waals surface area contributed by atoms with Gasteiger partial charge >= 0.3 is 0 Å². The molecule has 0 N–H and O–H groups in total. The summed E-state index contributed by atoms with van der Waals surface area (Å²) >= 11 is 1.50. The van der Waals surface area contributed by atoms with Gasteiger partial charge in [-0.25, -0.2) is 0 Å². The number of aryl methyl sites for hydroxylation is 1. The van der Waals surface area contributed by atoms with Crippen LogP contribution in [0.15, 0.2) is 58.2 Å². The first-order valence-corrected chi connectivity index (χ1v) is 7.90. The summed E-state index contributed by atoms with van der Waals surface area (Å²) in [5.74, 6) is 2.14. The molecule has 5 heteroatoms. The van der Waals surface area contributed by atoms with Crippen LogP contribution >= 0.6 is 11.8 Å². The lowest BCUT2D eigenvalue weighted by molar-refractivity contribution is 0.411. The Bertz CT molecular complexity index is 771. The van der Waals surface area contributed by atoms with Crippen molar-refractivity contribution >= 4 is 11.8 Å². The van der Waals surface area contributed by atoms with Gasteiger partial charge in [-0.3, -0.25) is 0 Å². The number of hydrogen-bond acceptors (Lipinski definition) is 5. The van der Waals surface area contributed by atoms with Gasteiger partial charge in [0, 0.05) is 16.9 Å². The quantitative estimate of drug-likeness (QED) is 0.656. The summed E-state index contributed by atoms with van der Waals surface area (Å²) in [6.45, 7) is 2.04. The van der Waals surface area contributed by atoms with Gasteiger partial charge in [0.1, 0.15) is 5.75 Å². The Morgan fingerprint density at radius 1 is 1.09 bits per heavy atom. The highest BCUT2D eigenvalue weighted by Gasteiger charge is 2.10. The number of benzene rings is 2. The Kier molecular flexibility index (Phi) is 4.44. The van der Waals surface area contributed by atoms with Gasteiger partial charge in [0.05, 0.1) is 7.11 Å². The predicted octanol–water partition coefficient (Wildman–Crippen LogP) is 4.35. The summed E-state index contributed by atoms with van der Waals surface area (Å²) in [7, 11) is 1.67. The van der Waals surface area contributed by atoms with Crippen LogP contribution in [0.1, 0.15) is 11.1 Å². The molecule has 3 rings (SSSR count). The maximum atomic E-state index is 5.72. The van der Waals surface area contributed by atoms with E-state index in [-0.39, 0.29) is 0 Å². The summed E-state index contributed by atoms with van der Waals surface area (Å²) < 4.78 is 11.1. The van der Waals surface area contributed by atoms with Crippen LogP contribution in [0.2, 0.25) is 0 Å². The van der Waals surface area contributed by atoms with Gasteiger partial charge in [-0.15, -0.1) is 10.2 Å². The second-order valence-electron chi connectivity index (χ2n) is 4.84. The van der Waals surface area contributed by atoms with Crippen molar-refractivity contribution in [3.63, 3.8) is 0 Å². The molecule has 3 aromatic rings. The molecule has 0 saturated heterocycles. The SMILES string of the molecule is COc1ccccc1CSc1nnc(-c2cccc(C)c2)o1. The van der Waals surface area contributed by atoms with Gasteiger partial charge in [-0.1, -0.05) is 47.7 Å². The first-order chi connectivity index (χ1) is 10.8. The van der Waals surface area contributed by atoms with Gasteiger partial charge < -0.3 is 9.15 Å². The molecule has 0 radical (unpaired) electrons. The molecule has 112 valence electrons. The number of ether oxygens (including phenoxy) is 1. The fraction of sp³-hybridized carbons (Fsp3) is 0.176. The van der Waals surface area contributed by atoms with Crippen LogP contribution in [0, 0.1) is 6.92 Å². The third-order valence-corrected chi connectivity index (χ3v) is 4.08. The van der Waals surface area contributed by atoms with Crippen molar-refractivity contribution in [1.82, 2.24) is 10.2 Å². The van der Waals surface area contributed by atoms with E-state index >= 15 is 0 Å². The maximum Gasteiger partial charge on any atom is 0.277 e. The molecule has 0 atom stereocenters.